The van der Waals surface area contributed by atoms with Gasteiger partial charge in [0.1, 0.15) is 5.65 Å². The first-order valence-corrected chi connectivity index (χ1v) is 4.42. The molecule has 0 atom stereocenters. The smallest absolute Gasteiger partial charge is 0.137 e. The number of halogens is 3. The molecule has 78 valence electrons. The Labute approximate surface area is 102 Å². The summed E-state index contributed by atoms with van der Waals surface area (Å²) < 4.78 is 0.984. The van der Waals surface area contributed by atoms with E-state index in [1.807, 2.05) is 12.1 Å². The van der Waals surface area contributed by atoms with E-state index in [1.54, 1.807) is 6.20 Å². The third-order valence-corrected chi connectivity index (χ3v) is 2.15. The summed E-state index contributed by atoms with van der Waals surface area (Å²) in [6, 6.07) is 4.02. The van der Waals surface area contributed by atoms with Crippen LogP contribution in [-0.4, -0.2) is 9.97 Å². The van der Waals surface area contributed by atoms with Crippen LogP contribution in [0.3, 0.4) is 0 Å². The number of fused-ring (bicyclic) bond motifs is 1. The Morgan fingerprint density at radius 1 is 1.36 bits per heavy atom. The van der Waals surface area contributed by atoms with Crippen LogP contribution in [0.25, 0.3) is 11.0 Å². The fourth-order valence-corrected chi connectivity index (χ4v) is 1.50. The quantitative estimate of drug-likeness (QED) is 0.850. The van der Waals surface area contributed by atoms with Crippen molar-refractivity contribution < 1.29 is 0 Å². The van der Waals surface area contributed by atoms with Crippen LogP contribution in [0.4, 0.5) is 0 Å². The molecule has 0 saturated carbocycles. The lowest BCUT2D eigenvalue weighted by molar-refractivity contribution is 1.02. The van der Waals surface area contributed by atoms with Gasteiger partial charge in [-0.15, -0.1) is 24.8 Å². The number of rotatable bonds is 1. The van der Waals surface area contributed by atoms with Gasteiger partial charge in [-0.25, -0.2) is 4.98 Å². The minimum atomic E-state index is 0. The monoisotopic (exact) mass is 297 g/mol. The lowest BCUT2D eigenvalue weighted by Crippen LogP contribution is -1.95. The topological polar surface area (TPSA) is 54.7 Å². The molecule has 0 aliphatic carbocycles. The van der Waals surface area contributed by atoms with Gasteiger partial charge < -0.3 is 10.7 Å². The Morgan fingerprint density at radius 3 is 2.71 bits per heavy atom. The van der Waals surface area contributed by atoms with E-state index < -0.39 is 0 Å². The minimum Gasteiger partial charge on any atom is -0.342 e. The maximum absolute atomic E-state index is 5.48. The third kappa shape index (κ3) is 2.60. The summed E-state index contributed by atoms with van der Waals surface area (Å²) in [5.74, 6) is 0. The lowest BCUT2D eigenvalue weighted by atomic mass is 10.3. The predicted molar refractivity (Wildman–Crippen MR) is 66.2 cm³/mol. The standard InChI is InChI=1S/C8H8BrN3.2ClH/c9-6-1-5-2-7(3-10)12-8(5)11-4-6;;/h1-2,4H,3,10H2,(H,11,12);2*1H. The second-order valence-corrected chi connectivity index (χ2v) is 3.51. The number of pyridine rings is 1. The van der Waals surface area contributed by atoms with Crippen molar-refractivity contribution in [2.24, 2.45) is 5.73 Å². The number of aromatic nitrogens is 2. The first-order chi connectivity index (χ1) is 5.79. The molecule has 2 aromatic heterocycles. The average Bonchev–Trinajstić information content (AvgIpc) is 2.46. The second kappa shape index (κ2) is 5.56. The van der Waals surface area contributed by atoms with Crippen molar-refractivity contribution in [3.8, 4) is 0 Å². The third-order valence-electron chi connectivity index (χ3n) is 1.71. The van der Waals surface area contributed by atoms with Crippen LogP contribution in [0, 0.1) is 0 Å². The first kappa shape index (κ1) is 13.7. The van der Waals surface area contributed by atoms with E-state index in [0.29, 0.717) is 6.54 Å². The molecule has 14 heavy (non-hydrogen) atoms. The summed E-state index contributed by atoms with van der Waals surface area (Å²) in [6.07, 6.45) is 1.76. The summed E-state index contributed by atoms with van der Waals surface area (Å²) in [5, 5.41) is 1.09. The molecule has 2 rings (SSSR count). The zero-order valence-corrected chi connectivity index (χ0v) is 10.4. The van der Waals surface area contributed by atoms with Gasteiger partial charge in [0.25, 0.3) is 0 Å². The van der Waals surface area contributed by atoms with Gasteiger partial charge in [0.15, 0.2) is 0 Å². The highest BCUT2D eigenvalue weighted by Gasteiger charge is 1.99. The van der Waals surface area contributed by atoms with Crippen LogP contribution in [0.15, 0.2) is 22.8 Å². The molecule has 0 unspecified atom stereocenters. The van der Waals surface area contributed by atoms with Crippen molar-refractivity contribution in [2.45, 2.75) is 6.54 Å². The minimum absolute atomic E-state index is 0. The van der Waals surface area contributed by atoms with Crippen molar-refractivity contribution in [2.75, 3.05) is 0 Å². The van der Waals surface area contributed by atoms with Crippen LogP contribution in [-0.2, 0) is 6.54 Å². The van der Waals surface area contributed by atoms with E-state index in [9.17, 15) is 0 Å². The highest BCUT2D eigenvalue weighted by Crippen LogP contribution is 2.17. The molecule has 0 bridgehead atoms. The van der Waals surface area contributed by atoms with Gasteiger partial charge in [-0.3, -0.25) is 0 Å². The van der Waals surface area contributed by atoms with Crippen LogP contribution >= 0.6 is 40.7 Å². The van der Waals surface area contributed by atoms with Crippen LogP contribution in [0.2, 0.25) is 0 Å². The maximum atomic E-state index is 5.48. The van der Waals surface area contributed by atoms with Gasteiger partial charge in [0.05, 0.1) is 0 Å². The molecule has 2 heterocycles. The number of hydrogen-bond donors (Lipinski definition) is 2. The first-order valence-electron chi connectivity index (χ1n) is 3.63. The van der Waals surface area contributed by atoms with Gasteiger partial charge in [-0.2, -0.15) is 0 Å². The molecule has 0 aromatic carbocycles. The van der Waals surface area contributed by atoms with E-state index in [1.165, 1.54) is 0 Å². The summed E-state index contributed by atoms with van der Waals surface area (Å²) >= 11 is 3.36. The fourth-order valence-electron chi connectivity index (χ4n) is 1.16. The number of H-pyrrole nitrogens is 1. The molecule has 0 amide bonds. The molecule has 2 aromatic rings. The Morgan fingerprint density at radius 2 is 2.07 bits per heavy atom. The van der Waals surface area contributed by atoms with Crippen LogP contribution < -0.4 is 5.73 Å². The highest BCUT2D eigenvalue weighted by molar-refractivity contribution is 9.10. The van der Waals surface area contributed by atoms with Crippen molar-refractivity contribution in [1.29, 1.82) is 0 Å². The zero-order chi connectivity index (χ0) is 8.55. The molecule has 0 spiro atoms. The summed E-state index contributed by atoms with van der Waals surface area (Å²) in [4.78, 5) is 7.31. The van der Waals surface area contributed by atoms with Gasteiger partial charge in [-0.1, -0.05) is 0 Å². The summed E-state index contributed by atoms with van der Waals surface area (Å²) in [6.45, 7) is 0.522. The lowest BCUT2D eigenvalue weighted by Gasteiger charge is -1.88. The molecule has 3 nitrogen and oxygen atoms in total. The molecule has 0 fully saturated rings. The van der Waals surface area contributed by atoms with E-state index in [-0.39, 0.29) is 24.8 Å². The molecular weight excluding hydrogens is 289 g/mol. The van der Waals surface area contributed by atoms with Crippen molar-refractivity contribution in [1.82, 2.24) is 9.97 Å². The number of nitrogens with two attached hydrogens (primary N) is 1. The van der Waals surface area contributed by atoms with Crippen molar-refractivity contribution in [3.05, 3.63) is 28.5 Å². The van der Waals surface area contributed by atoms with E-state index in [4.69, 9.17) is 5.73 Å². The molecule has 0 aliphatic rings. The van der Waals surface area contributed by atoms with Gasteiger partial charge in [-0.05, 0) is 28.1 Å². The van der Waals surface area contributed by atoms with Gasteiger partial charge in [0, 0.05) is 28.3 Å². The van der Waals surface area contributed by atoms with E-state index >= 15 is 0 Å². The molecular formula is C8H10BrCl2N3. The number of hydrogen-bond acceptors (Lipinski definition) is 2. The number of nitrogens with one attached hydrogen (secondary N) is 1. The maximum Gasteiger partial charge on any atom is 0.137 e. The zero-order valence-electron chi connectivity index (χ0n) is 7.16. The van der Waals surface area contributed by atoms with Crippen LogP contribution in [0.1, 0.15) is 5.69 Å². The molecule has 0 aliphatic heterocycles. The largest absolute Gasteiger partial charge is 0.342 e. The van der Waals surface area contributed by atoms with Crippen molar-refractivity contribution >= 4 is 51.8 Å². The number of nitrogens with zero attached hydrogens (tertiary/aromatic N) is 1. The van der Waals surface area contributed by atoms with Gasteiger partial charge >= 0.3 is 0 Å². The normalized spacial score (nSPS) is 9.29. The molecule has 0 saturated heterocycles. The second-order valence-electron chi connectivity index (χ2n) is 2.59. The molecule has 3 N–H and O–H groups in total. The van der Waals surface area contributed by atoms with Crippen LogP contribution in [0.5, 0.6) is 0 Å². The Bertz CT molecular complexity index is 416. The van der Waals surface area contributed by atoms with Gasteiger partial charge in [0.2, 0.25) is 0 Å². The SMILES string of the molecule is Cl.Cl.NCc1cc2cc(Br)cnc2[nH]1. The van der Waals surface area contributed by atoms with Crippen molar-refractivity contribution in [3.63, 3.8) is 0 Å². The molecule has 6 heteroatoms. The Balaban J connectivity index is 0.000000845. The fraction of sp³-hybridized carbons (Fsp3) is 0.125. The predicted octanol–water partition coefficient (Wildman–Crippen LogP) is 2.63. The summed E-state index contributed by atoms with van der Waals surface area (Å²) in [5.41, 5.74) is 7.38. The Kier molecular flexibility index (Phi) is 5.44. The van der Waals surface area contributed by atoms with E-state index in [2.05, 4.69) is 25.9 Å². The summed E-state index contributed by atoms with van der Waals surface area (Å²) in [7, 11) is 0. The highest BCUT2D eigenvalue weighted by atomic mass is 79.9. The molecule has 0 radical (unpaired) electrons. The Hall–Kier alpha value is -0.290. The average molecular weight is 299 g/mol. The van der Waals surface area contributed by atoms with E-state index in [0.717, 1.165) is 21.2 Å². The number of aromatic amines is 1.